The van der Waals surface area contributed by atoms with E-state index in [9.17, 15) is 33.6 Å². The Hall–Kier alpha value is -13.1. The van der Waals surface area contributed by atoms with Gasteiger partial charge in [0.15, 0.2) is 23.3 Å². The van der Waals surface area contributed by atoms with E-state index in [-0.39, 0.29) is 70.9 Å². The van der Waals surface area contributed by atoms with E-state index in [1.165, 1.54) is 63.6 Å². The number of benzene rings is 4. The Morgan fingerprint density at radius 2 is 0.824 bits per heavy atom. The number of anilines is 17. The highest BCUT2D eigenvalue weighted by atomic mass is 16.5. The summed E-state index contributed by atoms with van der Waals surface area (Å²) in [6.07, 6.45) is 31.9. The van der Waals surface area contributed by atoms with E-state index in [0.29, 0.717) is 125 Å². The first-order valence-corrected chi connectivity index (χ1v) is 53.5. The van der Waals surface area contributed by atoms with E-state index in [1.807, 2.05) is 53.9 Å². The minimum absolute atomic E-state index is 0.0499. The van der Waals surface area contributed by atoms with Gasteiger partial charge in [-0.2, -0.15) is 19.9 Å². The van der Waals surface area contributed by atoms with Crippen molar-refractivity contribution in [3.8, 4) is 17.2 Å². The first-order valence-electron chi connectivity index (χ1n) is 53.5. The molecular weight excluding hydrogens is 1880 g/mol. The Morgan fingerprint density at radius 3 is 1.24 bits per heavy atom. The summed E-state index contributed by atoms with van der Waals surface area (Å²) in [5.74, 6) is 7.50. The Bertz CT molecular complexity index is 6080. The normalized spacial score (nSPS) is 21.4. The van der Waals surface area contributed by atoms with Crippen molar-refractivity contribution in [2.45, 2.75) is 225 Å². The van der Waals surface area contributed by atoms with Gasteiger partial charge < -0.3 is 115 Å². The number of morpholine rings is 1. The predicted molar refractivity (Wildman–Crippen MR) is 579 cm³/mol. The van der Waals surface area contributed by atoms with E-state index in [0.717, 1.165) is 207 Å². The molecule has 21 rings (SSSR count). The molecule has 13 aliphatic rings. The van der Waals surface area contributed by atoms with Gasteiger partial charge in [0, 0.05) is 164 Å². The molecule has 4 aromatic heterocycles. The second-order valence-corrected chi connectivity index (χ2v) is 43.9. The predicted octanol–water partition coefficient (Wildman–Crippen LogP) is 14.2. The van der Waals surface area contributed by atoms with Gasteiger partial charge in [-0.15, -0.1) is 0 Å². The highest BCUT2D eigenvalue weighted by Gasteiger charge is 2.52. The third-order valence-corrected chi connectivity index (χ3v) is 32.4. The number of likely N-dealkylation sites (tertiary alicyclic amines) is 3. The molecule has 0 radical (unpaired) electrons. The number of hydrogen-bond acceptors (Lipinski definition) is 31. The number of nitrogens with one attached hydrogen (secondary N) is 7. The molecule has 5 saturated carbocycles. The highest BCUT2D eigenvalue weighted by Crippen LogP contribution is 2.51. The lowest BCUT2D eigenvalue weighted by atomic mass is 9.67. The van der Waals surface area contributed by atoms with Crippen molar-refractivity contribution in [3.63, 3.8) is 0 Å². The van der Waals surface area contributed by atoms with Crippen LogP contribution in [0.4, 0.5) is 98.3 Å². The molecule has 792 valence electrons. The number of rotatable bonds is 23. The van der Waals surface area contributed by atoms with Gasteiger partial charge in [0.25, 0.3) is 17.7 Å². The smallest absolute Gasteiger partial charge is 0.251 e. The summed E-state index contributed by atoms with van der Waals surface area (Å²) in [4.78, 5) is 155. The van der Waals surface area contributed by atoms with Crippen molar-refractivity contribution in [1.29, 1.82) is 0 Å². The van der Waals surface area contributed by atoms with Crippen LogP contribution >= 0.6 is 0 Å². The zero-order chi connectivity index (χ0) is 104. The quantitative estimate of drug-likeness (QED) is 0.0313. The van der Waals surface area contributed by atoms with E-state index in [1.54, 1.807) is 129 Å². The molecule has 0 bridgehead atoms. The number of fused-ring (bicyclic) bond motifs is 4. The van der Waals surface area contributed by atoms with Crippen LogP contribution in [0.2, 0.25) is 0 Å². The fraction of sp³-hybridized carbons (Fsp3) is 0.573. The molecule has 4 aromatic carbocycles. The molecule has 38 heteroatoms. The van der Waals surface area contributed by atoms with Crippen LogP contribution in [0.1, 0.15) is 213 Å². The molecule has 4 saturated heterocycles. The van der Waals surface area contributed by atoms with E-state index < -0.39 is 10.8 Å². The van der Waals surface area contributed by atoms with Crippen molar-refractivity contribution in [2.75, 3.05) is 228 Å². The standard InChI is InChI=1S/C30H41N7O3.C28H39N7O3.C27H37N7O3.C25H34N6O2/c1-35-15-11-21(12-16-35)32-27(38)20-9-10-23(25(17-20)40-3)33-29-31-18-24-26(34-29)37(22-7-4-5-8-22)19-30(13-6-14-30)28(39)36(24)2;1-18-15-25(36)34(3)23-17-29-28(32-26(23)35(18)21-7-5-6-8-21)31-22-10-9-19(16-24(22)38-4)27(37)30-20-11-13-33(2)14-12-20;1-27(2)16-34(19-10-11-33(15-19)14-17-6-7-17)23-21(32(4)25(27)36)13-29-26(31-23)30-20-9-8-18(24(35)28-3)12-22(20)37-5;1-25(2)17-31(20-6-4-5-7-20)22-21(29(3)23(25)32)16-26-24(28-22)27-18-8-10-19(11-9-18)30-12-14-33-15-13-30/h9-10,17-18,21-22H,4-8,11-16,19H2,1-3H3,(H,32,38)(H,31,33,34);9-10,16-18,20-21H,5-8,11-15H2,1-4H3,(H,30,37)(H,29,31,32);8-9,12-13,17,19H,6-7,10-11,14-16H2,1-5H3,(H,28,35)(H,29,30,31);8-11,16,20H,4-7,12-15,17H2,1-3H3,(H,26,27,28)/t;18-;19-;/m.11./s1. The topological polar surface area (TPSA) is 383 Å². The van der Waals surface area contributed by atoms with E-state index in [2.05, 4.69) is 142 Å². The van der Waals surface area contributed by atoms with Gasteiger partial charge in [-0.1, -0.05) is 44.9 Å². The van der Waals surface area contributed by atoms with Crippen LogP contribution in [0.3, 0.4) is 0 Å². The van der Waals surface area contributed by atoms with Gasteiger partial charge in [-0.05, 0) is 256 Å². The van der Waals surface area contributed by atoms with Gasteiger partial charge in [0.2, 0.25) is 47.4 Å². The number of amides is 7. The van der Waals surface area contributed by atoms with E-state index in [4.69, 9.17) is 38.9 Å². The van der Waals surface area contributed by atoms with Crippen molar-refractivity contribution >= 4 is 140 Å². The molecule has 7 N–H and O–H groups in total. The SMILES string of the molecule is CN1C(=O)C(C)(C)CN(C2CCCC2)c2nc(Nc3ccc(N4CCOCC4)cc3)ncc21.CNC(=O)c1ccc(Nc2ncc3c(n2)N([C@@H]2CCN(CC4CC4)C2)CC(C)(C)C(=O)N3C)c(OC)c1.COc1cc(C(=O)NC2CCN(C)CC2)ccc1Nc1ncc2c(n1)N(C1CCCC1)CC1(CCC1)C(=O)N2C.COc1cc(C(=O)NC2CCN(C)CC2)ccc1Nc1ncc2c(n1)N(C1CCCC1)[C@H](C)CC(=O)N2C. The average Bonchev–Trinajstić information content (AvgIpc) is 1.59. The number of carbonyl (C=O) groups is 7. The summed E-state index contributed by atoms with van der Waals surface area (Å²) >= 11 is 0. The molecule has 12 heterocycles. The molecular formula is C110H151N27O11. The molecule has 7 amide bonds. The summed E-state index contributed by atoms with van der Waals surface area (Å²) in [6.45, 7) is 22.7. The van der Waals surface area contributed by atoms with Gasteiger partial charge in [-0.3, -0.25) is 33.6 Å². The summed E-state index contributed by atoms with van der Waals surface area (Å²) in [5.41, 5.74) is 7.36. The number of aromatic nitrogens is 8. The minimum Gasteiger partial charge on any atom is -0.495 e. The maximum atomic E-state index is 13.5. The molecule has 8 aliphatic heterocycles. The van der Waals surface area contributed by atoms with Crippen LogP contribution in [0.15, 0.2) is 104 Å². The number of piperidine rings is 2. The number of ether oxygens (including phenoxy) is 4. The Morgan fingerprint density at radius 1 is 0.426 bits per heavy atom. The number of nitrogens with zero attached hydrogens (tertiary/aromatic N) is 20. The maximum absolute atomic E-state index is 13.5. The largest absolute Gasteiger partial charge is 0.495 e. The van der Waals surface area contributed by atoms with Crippen LogP contribution in [-0.2, 0) is 23.9 Å². The fourth-order valence-corrected chi connectivity index (χ4v) is 23.3. The first kappa shape index (κ1) is 105. The number of hydrogen-bond donors (Lipinski definition) is 7. The van der Waals surface area contributed by atoms with Crippen molar-refractivity contribution in [2.24, 2.45) is 22.2 Å². The summed E-state index contributed by atoms with van der Waals surface area (Å²) in [6, 6.07) is 26.2. The van der Waals surface area contributed by atoms with Gasteiger partial charge in [-0.25, -0.2) is 19.9 Å². The van der Waals surface area contributed by atoms with Crippen molar-refractivity contribution < 1.29 is 52.5 Å². The first-order chi connectivity index (χ1) is 71.3. The molecule has 2 atom stereocenters. The van der Waals surface area contributed by atoms with Crippen molar-refractivity contribution in [3.05, 3.63) is 120 Å². The Balaban J connectivity index is 0.000000129. The maximum Gasteiger partial charge on any atom is 0.251 e. The van der Waals surface area contributed by atoms with Crippen LogP contribution in [0.5, 0.6) is 17.2 Å². The number of methoxy groups -OCH3 is 3. The average molecular weight is 2030 g/mol. The van der Waals surface area contributed by atoms with Crippen LogP contribution in [0, 0.1) is 22.2 Å². The van der Waals surface area contributed by atoms with Crippen molar-refractivity contribution in [1.82, 2.24) is 70.5 Å². The van der Waals surface area contributed by atoms with Gasteiger partial charge in [0.1, 0.15) is 40.0 Å². The lowest BCUT2D eigenvalue weighted by Gasteiger charge is -2.44. The molecule has 8 aromatic rings. The van der Waals surface area contributed by atoms with Gasteiger partial charge in [0.05, 0.1) is 92.6 Å². The minimum atomic E-state index is -0.564. The molecule has 0 unspecified atom stereocenters. The zero-order valence-corrected chi connectivity index (χ0v) is 89.0. The summed E-state index contributed by atoms with van der Waals surface area (Å²) < 4.78 is 22.3. The Kier molecular flexibility index (Phi) is 32.3. The van der Waals surface area contributed by atoms with Crippen LogP contribution in [-0.4, -0.2) is 301 Å². The Labute approximate surface area is 870 Å². The highest BCUT2D eigenvalue weighted by molar-refractivity contribution is 6.05. The molecule has 1 spiro atoms. The molecule has 148 heavy (non-hydrogen) atoms. The fourth-order valence-electron chi connectivity index (χ4n) is 23.3. The number of carbonyl (C=O) groups excluding carboxylic acids is 7. The van der Waals surface area contributed by atoms with E-state index >= 15 is 0 Å². The zero-order valence-electron chi connectivity index (χ0n) is 89.0. The van der Waals surface area contributed by atoms with Gasteiger partial charge >= 0.3 is 0 Å². The lowest BCUT2D eigenvalue weighted by Crippen LogP contribution is -2.52. The molecule has 5 aliphatic carbocycles. The summed E-state index contributed by atoms with van der Waals surface area (Å²) in [5, 5.41) is 22.2. The molecule has 38 nitrogen and oxygen atoms in total. The monoisotopic (exact) mass is 2030 g/mol. The van der Waals surface area contributed by atoms with Crippen LogP contribution in [0.25, 0.3) is 0 Å². The third kappa shape index (κ3) is 23.5. The van der Waals surface area contributed by atoms with Crippen LogP contribution < -0.4 is 95.5 Å². The lowest BCUT2D eigenvalue weighted by molar-refractivity contribution is -0.132. The second-order valence-electron chi connectivity index (χ2n) is 43.9. The molecule has 9 fully saturated rings. The summed E-state index contributed by atoms with van der Waals surface area (Å²) in [7, 11) is 17.8. The second kappa shape index (κ2) is 45.6. The third-order valence-electron chi connectivity index (χ3n) is 32.4.